The Bertz CT molecular complexity index is 673. The van der Waals surface area contributed by atoms with Crippen LogP contribution in [0.15, 0.2) is 42.5 Å². The Balaban J connectivity index is 2.21. The van der Waals surface area contributed by atoms with Gasteiger partial charge < -0.3 is 9.64 Å². The van der Waals surface area contributed by atoms with Gasteiger partial charge in [-0.15, -0.1) is 0 Å². The quantitative estimate of drug-likeness (QED) is 0.701. The smallest absolute Gasteiger partial charge is 0.255 e. The molecule has 0 N–H and O–H groups in total. The second kappa shape index (κ2) is 7.09. The fourth-order valence-corrected chi connectivity index (χ4v) is 2.84. The van der Waals surface area contributed by atoms with Crippen LogP contribution in [0, 0.1) is 9.39 Å². The minimum Gasteiger partial charge on any atom is -0.497 e. The molecule has 2 aromatic carbocycles. The number of benzene rings is 2. The van der Waals surface area contributed by atoms with Crippen molar-refractivity contribution in [3.05, 3.63) is 63.0 Å². The normalized spacial score (nSPS) is 11.9. The molecule has 0 aliphatic heterocycles. The van der Waals surface area contributed by atoms with Crippen LogP contribution in [0.5, 0.6) is 5.75 Å². The van der Waals surface area contributed by atoms with Gasteiger partial charge in [0, 0.05) is 10.6 Å². The lowest BCUT2D eigenvalue weighted by atomic mass is 10.1. The van der Waals surface area contributed by atoms with Gasteiger partial charge in [-0.25, -0.2) is 4.39 Å². The topological polar surface area (TPSA) is 29.5 Å². The van der Waals surface area contributed by atoms with Gasteiger partial charge in [0.25, 0.3) is 5.91 Å². The van der Waals surface area contributed by atoms with Gasteiger partial charge in [-0.1, -0.05) is 12.1 Å². The molecule has 1 unspecified atom stereocenters. The number of halogens is 2. The predicted octanol–water partition coefficient (Wildman–Crippen LogP) is 4.27. The number of hydrogen-bond acceptors (Lipinski definition) is 2. The summed E-state index contributed by atoms with van der Waals surface area (Å²) in [6.07, 6.45) is 0. The molecular weight excluding hydrogens is 396 g/mol. The Morgan fingerprint density at radius 1 is 1.23 bits per heavy atom. The van der Waals surface area contributed by atoms with Crippen LogP contribution in [0.3, 0.4) is 0 Å². The highest BCUT2D eigenvalue weighted by Gasteiger charge is 2.21. The molecule has 3 nitrogen and oxygen atoms in total. The van der Waals surface area contributed by atoms with Gasteiger partial charge in [-0.2, -0.15) is 0 Å². The van der Waals surface area contributed by atoms with E-state index in [1.807, 2.05) is 53.8 Å². The fraction of sp³-hybridized carbons (Fsp3) is 0.235. The van der Waals surface area contributed by atoms with E-state index in [9.17, 15) is 9.18 Å². The molecular formula is C17H17FINO2. The number of methoxy groups -OCH3 is 1. The van der Waals surface area contributed by atoms with E-state index in [2.05, 4.69) is 0 Å². The largest absolute Gasteiger partial charge is 0.497 e. The van der Waals surface area contributed by atoms with Gasteiger partial charge in [-0.05, 0) is 65.4 Å². The Kier molecular flexibility index (Phi) is 5.39. The first-order chi connectivity index (χ1) is 10.4. The van der Waals surface area contributed by atoms with Crippen molar-refractivity contribution < 1.29 is 13.9 Å². The Labute approximate surface area is 143 Å². The first kappa shape index (κ1) is 16.7. The second-order valence-corrected chi connectivity index (χ2v) is 6.15. The van der Waals surface area contributed by atoms with Crippen molar-refractivity contribution >= 4 is 28.5 Å². The summed E-state index contributed by atoms with van der Waals surface area (Å²) in [5.41, 5.74) is 1.51. The van der Waals surface area contributed by atoms with Crippen molar-refractivity contribution in [2.45, 2.75) is 13.0 Å². The summed E-state index contributed by atoms with van der Waals surface area (Å²) in [5, 5.41) is 0. The van der Waals surface area contributed by atoms with Crippen molar-refractivity contribution in [3.63, 3.8) is 0 Å². The lowest BCUT2D eigenvalue weighted by Gasteiger charge is -2.26. The highest BCUT2D eigenvalue weighted by molar-refractivity contribution is 14.1. The van der Waals surface area contributed by atoms with E-state index in [1.54, 1.807) is 19.1 Å². The summed E-state index contributed by atoms with van der Waals surface area (Å²) in [5.74, 6) is 0.303. The summed E-state index contributed by atoms with van der Waals surface area (Å²) >= 11 is 1.98. The molecule has 0 aliphatic carbocycles. The van der Waals surface area contributed by atoms with Gasteiger partial charge in [0.1, 0.15) is 11.6 Å². The summed E-state index contributed by atoms with van der Waals surface area (Å²) in [6.45, 7) is 1.95. The highest BCUT2D eigenvalue weighted by atomic mass is 127. The third-order valence-corrected chi connectivity index (χ3v) is 4.55. The average molecular weight is 413 g/mol. The standard InChI is InChI=1S/C17H17FINO2/c1-11(12-4-7-14(22-3)8-5-12)20(2)17(21)15-9-6-13(18)10-16(15)19/h4-11H,1-3H3. The Morgan fingerprint density at radius 3 is 2.41 bits per heavy atom. The summed E-state index contributed by atoms with van der Waals surface area (Å²) < 4.78 is 18.9. The second-order valence-electron chi connectivity index (χ2n) is 4.99. The zero-order valence-corrected chi connectivity index (χ0v) is 14.8. The van der Waals surface area contributed by atoms with Crippen LogP contribution in [0.1, 0.15) is 28.9 Å². The van der Waals surface area contributed by atoms with E-state index in [4.69, 9.17) is 4.74 Å². The van der Waals surface area contributed by atoms with Crippen LogP contribution >= 0.6 is 22.6 Å². The Morgan fingerprint density at radius 2 is 1.86 bits per heavy atom. The van der Waals surface area contributed by atoms with Gasteiger partial charge in [0.2, 0.25) is 0 Å². The fourth-order valence-electron chi connectivity index (χ4n) is 2.13. The van der Waals surface area contributed by atoms with E-state index in [0.29, 0.717) is 9.13 Å². The van der Waals surface area contributed by atoms with Crippen molar-refractivity contribution in [3.8, 4) is 5.75 Å². The van der Waals surface area contributed by atoms with Crippen LogP contribution in [-0.2, 0) is 0 Å². The zero-order chi connectivity index (χ0) is 16.3. The van der Waals surface area contributed by atoms with Crippen LogP contribution in [0.2, 0.25) is 0 Å². The first-order valence-electron chi connectivity index (χ1n) is 6.80. The summed E-state index contributed by atoms with van der Waals surface area (Å²) in [6, 6.07) is 11.7. The van der Waals surface area contributed by atoms with E-state index >= 15 is 0 Å². The number of carbonyl (C=O) groups excluding carboxylic acids is 1. The maximum absolute atomic E-state index is 13.2. The molecule has 1 atom stereocenters. The number of amides is 1. The number of rotatable bonds is 4. The minimum absolute atomic E-state index is 0.0979. The maximum Gasteiger partial charge on any atom is 0.255 e. The molecule has 5 heteroatoms. The van der Waals surface area contributed by atoms with Crippen molar-refractivity contribution in [1.29, 1.82) is 0 Å². The Hall–Kier alpha value is -1.63. The van der Waals surface area contributed by atoms with Crippen molar-refractivity contribution in [1.82, 2.24) is 4.90 Å². The molecule has 0 aliphatic rings. The van der Waals surface area contributed by atoms with E-state index in [0.717, 1.165) is 11.3 Å². The number of nitrogens with zero attached hydrogens (tertiary/aromatic N) is 1. The average Bonchev–Trinajstić information content (AvgIpc) is 2.53. The molecule has 116 valence electrons. The highest BCUT2D eigenvalue weighted by Crippen LogP contribution is 2.24. The molecule has 2 aromatic rings. The minimum atomic E-state index is -0.341. The molecule has 0 bridgehead atoms. The number of carbonyl (C=O) groups is 1. The first-order valence-corrected chi connectivity index (χ1v) is 7.88. The molecule has 0 aromatic heterocycles. The lowest BCUT2D eigenvalue weighted by Crippen LogP contribution is -2.30. The van der Waals surface area contributed by atoms with Crippen LogP contribution < -0.4 is 4.74 Å². The molecule has 0 fully saturated rings. The van der Waals surface area contributed by atoms with E-state index in [-0.39, 0.29) is 17.8 Å². The molecule has 0 saturated heterocycles. The molecule has 0 saturated carbocycles. The maximum atomic E-state index is 13.2. The van der Waals surface area contributed by atoms with E-state index in [1.165, 1.54) is 18.2 Å². The summed E-state index contributed by atoms with van der Waals surface area (Å²) in [7, 11) is 3.36. The monoisotopic (exact) mass is 413 g/mol. The molecule has 2 rings (SSSR count). The molecule has 0 spiro atoms. The van der Waals surface area contributed by atoms with Crippen molar-refractivity contribution in [2.24, 2.45) is 0 Å². The van der Waals surface area contributed by atoms with Crippen LogP contribution in [0.4, 0.5) is 4.39 Å². The molecule has 1 amide bonds. The molecule has 0 heterocycles. The zero-order valence-electron chi connectivity index (χ0n) is 12.6. The van der Waals surface area contributed by atoms with Crippen molar-refractivity contribution in [2.75, 3.05) is 14.2 Å². The number of hydrogen-bond donors (Lipinski definition) is 0. The van der Waals surface area contributed by atoms with Gasteiger partial charge >= 0.3 is 0 Å². The predicted molar refractivity (Wildman–Crippen MR) is 92.6 cm³/mol. The third kappa shape index (κ3) is 3.58. The van der Waals surface area contributed by atoms with Gasteiger partial charge in [0.15, 0.2) is 0 Å². The van der Waals surface area contributed by atoms with Crippen LogP contribution in [0.25, 0.3) is 0 Å². The van der Waals surface area contributed by atoms with Crippen LogP contribution in [-0.4, -0.2) is 25.0 Å². The van der Waals surface area contributed by atoms with E-state index < -0.39 is 0 Å². The SMILES string of the molecule is COc1ccc(C(C)N(C)C(=O)c2ccc(F)cc2I)cc1. The summed E-state index contributed by atoms with van der Waals surface area (Å²) in [4.78, 5) is 14.2. The molecule has 0 radical (unpaired) electrons. The van der Waals surface area contributed by atoms with Gasteiger partial charge in [-0.3, -0.25) is 4.79 Å². The molecule has 22 heavy (non-hydrogen) atoms. The van der Waals surface area contributed by atoms with Gasteiger partial charge in [0.05, 0.1) is 18.7 Å². The third-order valence-electron chi connectivity index (χ3n) is 3.66. The number of ether oxygens (including phenoxy) is 1. The lowest BCUT2D eigenvalue weighted by molar-refractivity contribution is 0.0741.